The molecule has 0 radical (unpaired) electrons. The van der Waals surface area contributed by atoms with Gasteiger partial charge in [0, 0.05) is 25.0 Å². The van der Waals surface area contributed by atoms with Gasteiger partial charge in [-0.25, -0.2) is 4.98 Å². The maximum absolute atomic E-state index is 12.1. The molecule has 0 spiro atoms. The molecule has 2 heterocycles. The van der Waals surface area contributed by atoms with E-state index in [1.807, 2.05) is 17.8 Å². The first-order chi connectivity index (χ1) is 9.24. The Balaban J connectivity index is 1.69. The molecule has 1 aromatic carbocycles. The topological polar surface area (TPSA) is 53.4 Å². The molecular formula is C13H12N2O3S. The van der Waals surface area contributed by atoms with Gasteiger partial charge in [0.1, 0.15) is 0 Å². The Hall–Kier alpha value is -1.95. The van der Waals surface area contributed by atoms with Gasteiger partial charge < -0.3 is 14.0 Å². The monoisotopic (exact) mass is 276 g/mol. The van der Waals surface area contributed by atoms with Gasteiger partial charge in [0.15, 0.2) is 22.4 Å². The molecule has 0 amide bonds. The van der Waals surface area contributed by atoms with Crippen LogP contribution in [0.15, 0.2) is 35.7 Å². The van der Waals surface area contributed by atoms with Gasteiger partial charge >= 0.3 is 0 Å². The van der Waals surface area contributed by atoms with Crippen molar-refractivity contribution in [2.75, 3.05) is 12.5 Å². The average Bonchev–Trinajstić information content (AvgIpc) is 3.03. The predicted molar refractivity (Wildman–Crippen MR) is 70.8 cm³/mol. The van der Waals surface area contributed by atoms with Crippen LogP contribution in [0.3, 0.4) is 0 Å². The van der Waals surface area contributed by atoms with E-state index < -0.39 is 0 Å². The summed E-state index contributed by atoms with van der Waals surface area (Å²) in [5.74, 6) is 1.72. The fourth-order valence-corrected chi connectivity index (χ4v) is 2.60. The molecule has 0 saturated carbocycles. The molecule has 0 fully saturated rings. The molecule has 5 nitrogen and oxygen atoms in total. The molecule has 1 aromatic heterocycles. The Morgan fingerprint density at radius 2 is 2.26 bits per heavy atom. The number of rotatable bonds is 4. The van der Waals surface area contributed by atoms with Crippen molar-refractivity contribution in [3.05, 3.63) is 36.2 Å². The van der Waals surface area contributed by atoms with E-state index >= 15 is 0 Å². The third-order valence-electron chi connectivity index (χ3n) is 2.80. The van der Waals surface area contributed by atoms with Crippen molar-refractivity contribution in [2.45, 2.75) is 5.16 Å². The quantitative estimate of drug-likeness (QED) is 0.632. The van der Waals surface area contributed by atoms with Gasteiger partial charge in [0.05, 0.1) is 5.75 Å². The maximum atomic E-state index is 12.1. The van der Waals surface area contributed by atoms with Gasteiger partial charge in [-0.05, 0) is 18.2 Å². The lowest BCUT2D eigenvalue weighted by molar-refractivity contribution is 0.102. The number of benzene rings is 1. The van der Waals surface area contributed by atoms with E-state index in [0.29, 0.717) is 22.8 Å². The van der Waals surface area contributed by atoms with Gasteiger partial charge in [-0.2, -0.15) is 0 Å². The first-order valence-electron chi connectivity index (χ1n) is 5.77. The third kappa shape index (κ3) is 2.44. The number of thioether (sulfide) groups is 1. The minimum absolute atomic E-state index is 0.0475. The summed E-state index contributed by atoms with van der Waals surface area (Å²) in [5, 5.41) is 0.828. The van der Waals surface area contributed by atoms with Crippen LogP contribution in [0.1, 0.15) is 10.4 Å². The summed E-state index contributed by atoms with van der Waals surface area (Å²) in [4.78, 5) is 16.3. The van der Waals surface area contributed by atoms with Crippen molar-refractivity contribution in [3.8, 4) is 11.5 Å². The number of carbonyl (C=O) groups excluding carboxylic acids is 1. The zero-order chi connectivity index (χ0) is 13.2. The Morgan fingerprint density at radius 3 is 3.05 bits per heavy atom. The summed E-state index contributed by atoms with van der Waals surface area (Å²) in [5.41, 5.74) is 0.631. The molecule has 0 atom stereocenters. The lowest BCUT2D eigenvalue weighted by atomic mass is 10.1. The second kappa shape index (κ2) is 4.97. The van der Waals surface area contributed by atoms with E-state index in [0.717, 1.165) is 5.16 Å². The number of ketones is 1. The van der Waals surface area contributed by atoms with Crippen LogP contribution in [0.4, 0.5) is 0 Å². The zero-order valence-electron chi connectivity index (χ0n) is 10.3. The molecule has 1 aliphatic rings. The molecule has 98 valence electrons. The molecule has 2 aromatic rings. The largest absolute Gasteiger partial charge is 0.454 e. The molecule has 0 bridgehead atoms. The molecule has 19 heavy (non-hydrogen) atoms. The van der Waals surface area contributed by atoms with Crippen molar-refractivity contribution in [3.63, 3.8) is 0 Å². The number of nitrogens with zero attached hydrogens (tertiary/aromatic N) is 2. The maximum Gasteiger partial charge on any atom is 0.231 e. The SMILES string of the molecule is Cn1ccnc1SCC(=O)c1ccc2c(c1)OCO2. The first kappa shape index (κ1) is 12.1. The summed E-state index contributed by atoms with van der Waals surface area (Å²) < 4.78 is 12.4. The summed E-state index contributed by atoms with van der Waals surface area (Å²) in [7, 11) is 1.90. The molecule has 0 saturated heterocycles. The van der Waals surface area contributed by atoms with Crippen molar-refractivity contribution >= 4 is 17.5 Å². The number of carbonyl (C=O) groups is 1. The first-order valence-corrected chi connectivity index (χ1v) is 6.75. The van der Waals surface area contributed by atoms with Gasteiger partial charge in [0.2, 0.25) is 6.79 Å². The predicted octanol–water partition coefficient (Wildman–Crippen LogP) is 2.12. The third-order valence-corrected chi connectivity index (χ3v) is 3.86. The second-order valence-corrected chi connectivity index (χ2v) is 5.04. The Kier molecular flexibility index (Phi) is 3.16. The summed E-state index contributed by atoms with van der Waals surface area (Å²) in [6.07, 6.45) is 3.57. The van der Waals surface area contributed by atoms with Crippen LogP contribution in [0.5, 0.6) is 11.5 Å². The minimum Gasteiger partial charge on any atom is -0.454 e. The van der Waals surface area contributed by atoms with Crippen LogP contribution in [0.2, 0.25) is 0 Å². The molecule has 1 aliphatic heterocycles. The number of aromatic nitrogens is 2. The molecule has 0 N–H and O–H groups in total. The normalized spacial score (nSPS) is 12.7. The van der Waals surface area contributed by atoms with Crippen molar-refractivity contribution < 1.29 is 14.3 Å². The van der Waals surface area contributed by atoms with Crippen LogP contribution in [0, 0.1) is 0 Å². The fourth-order valence-electron chi connectivity index (χ4n) is 1.77. The Morgan fingerprint density at radius 1 is 1.42 bits per heavy atom. The Bertz CT molecular complexity index is 624. The van der Waals surface area contributed by atoms with Crippen LogP contribution < -0.4 is 9.47 Å². The highest BCUT2D eigenvalue weighted by atomic mass is 32.2. The van der Waals surface area contributed by atoms with Crippen LogP contribution in [0.25, 0.3) is 0 Å². The van der Waals surface area contributed by atoms with E-state index in [-0.39, 0.29) is 12.6 Å². The highest BCUT2D eigenvalue weighted by Crippen LogP contribution is 2.32. The number of hydrogen-bond donors (Lipinski definition) is 0. The Labute approximate surface area is 114 Å². The lowest BCUT2D eigenvalue weighted by Crippen LogP contribution is -2.03. The summed E-state index contributed by atoms with van der Waals surface area (Å²) in [6.45, 7) is 0.217. The second-order valence-electron chi connectivity index (χ2n) is 4.10. The molecular weight excluding hydrogens is 264 g/mol. The van der Waals surface area contributed by atoms with Gasteiger partial charge in [-0.15, -0.1) is 0 Å². The van der Waals surface area contributed by atoms with Crippen molar-refractivity contribution in [1.29, 1.82) is 0 Å². The average molecular weight is 276 g/mol. The van der Waals surface area contributed by atoms with Crippen LogP contribution >= 0.6 is 11.8 Å². The van der Waals surface area contributed by atoms with E-state index in [4.69, 9.17) is 9.47 Å². The fraction of sp³-hybridized carbons (Fsp3) is 0.231. The number of Topliss-reactive ketones (excluding diaryl/α,β-unsaturated/α-hetero) is 1. The summed E-state index contributed by atoms with van der Waals surface area (Å²) >= 11 is 1.42. The number of imidazole rings is 1. The summed E-state index contributed by atoms with van der Waals surface area (Å²) in [6, 6.07) is 5.25. The molecule has 3 rings (SSSR count). The van der Waals surface area contributed by atoms with Gasteiger partial charge in [-0.1, -0.05) is 11.8 Å². The standard InChI is InChI=1S/C13H12N2O3S/c1-15-5-4-14-13(15)19-7-10(16)9-2-3-11-12(6-9)18-8-17-11/h2-6H,7-8H2,1H3. The number of fused-ring (bicyclic) bond motifs is 1. The van der Waals surface area contributed by atoms with Crippen LogP contribution in [-0.4, -0.2) is 27.9 Å². The minimum atomic E-state index is 0.0475. The van der Waals surface area contributed by atoms with E-state index in [2.05, 4.69) is 4.98 Å². The molecule has 6 heteroatoms. The molecule has 0 aliphatic carbocycles. The number of aryl methyl sites for hydroxylation is 1. The van der Waals surface area contributed by atoms with E-state index in [1.165, 1.54) is 11.8 Å². The highest BCUT2D eigenvalue weighted by Gasteiger charge is 2.16. The van der Waals surface area contributed by atoms with Gasteiger partial charge in [-0.3, -0.25) is 4.79 Å². The van der Waals surface area contributed by atoms with Crippen LogP contribution in [-0.2, 0) is 7.05 Å². The smallest absolute Gasteiger partial charge is 0.231 e. The zero-order valence-corrected chi connectivity index (χ0v) is 11.1. The van der Waals surface area contributed by atoms with Gasteiger partial charge in [0.25, 0.3) is 0 Å². The lowest BCUT2D eigenvalue weighted by Gasteiger charge is -2.03. The van der Waals surface area contributed by atoms with Crippen molar-refractivity contribution in [2.24, 2.45) is 7.05 Å². The van der Waals surface area contributed by atoms with Crippen molar-refractivity contribution in [1.82, 2.24) is 9.55 Å². The number of ether oxygens (including phenoxy) is 2. The number of hydrogen-bond acceptors (Lipinski definition) is 5. The van der Waals surface area contributed by atoms with E-state index in [9.17, 15) is 4.79 Å². The highest BCUT2D eigenvalue weighted by molar-refractivity contribution is 7.99. The van der Waals surface area contributed by atoms with E-state index in [1.54, 1.807) is 24.4 Å². The molecule has 0 unspecified atom stereocenters.